The number of hydrogen-bond acceptors (Lipinski definition) is 4. The van der Waals surface area contributed by atoms with E-state index < -0.39 is 11.6 Å². The maximum atomic E-state index is 13.1. The molecule has 3 aromatic rings. The van der Waals surface area contributed by atoms with Gasteiger partial charge in [0.2, 0.25) is 5.91 Å². The van der Waals surface area contributed by atoms with Gasteiger partial charge in [0.05, 0.1) is 22.5 Å². The number of halogens is 3. The lowest BCUT2D eigenvalue weighted by Gasteiger charge is -2.21. The lowest BCUT2D eigenvalue weighted by molar-refractivity contribution is -0.120. The molecule has 2 aromatic heterocycles. The highest BCUT2D eigenvalue weighted by Crippen LogP contribution is 2.28. The van der Waals surface area contributed by atoms with Crippen LogP contribution in [0.15, 0.2) is 43.4 Å². The Balaban J connectivity index is 0.000000184. The number of hydrogen-bond donors (Lipinski definition) is 2. The molecular formula is C21H22ClF2N5O. The third-order valence-electron chi connectivity index (χ3n) is 4.87. The van der Waals surface area contributed by atoms with Gasteiger partial charge >= 0.3 is 0 Å². The Morgan fingerprint density at radius 2 is 1.93 bits per heavy atom. The summed E-state index contributed by atoms with van der Waals surface area (Å²) in [5.74, 6) is -2.25. The zero-order valence-electron chi connectivity index (χ0n) is 16.2. The van der Waals surface area contributed by atoms with Crippen molar-refractivity contribution in [2.45, 2.75) is 32.1 Å². The number of carbonyl (C=O) groups is 1. The lowest BCUT2D eigenvalue weighted by atomic mass is 9.88. The monoisotopic (exact) mass is 433 g/mol. The highest BCUT2D eigenvalue weighted by atomic mass is 35.5. The van der Waals surface area contributed by atoms with Crippen molar-refractivity contribution in [3.8, 4) is 0 Å². The number of rotatable bonds is 3. The maximum absolute atomic E-state index is 13.1. The zero-order chi connectivity index (χ0) is 21.7. The highest BCUT2D eigenvalue weighted by Gasteiger charge is 2.22. The number of carbonyl (C=O) groups excluding carboxylic acids is 1. The summed E-state index contributed by atoms with van der Waals surface area (Å²) >= 11 is 5.76. The highest BCUT2D eigenvalue weighted by molar-refractivity contribution is 6.33. The Kier molecular flexibility index (Phi) is 6.99. The molecule has 30 heavy (non-hydrogen) atoms. The van der Waals surface area contributed by atoms with Crippen LogP contribution >= 0.6 is 11.6 Å². The fourth-order valence-corrected chi connectivity index (χ4v) is 3.47. The summed E-state index contributed by atoms with van der Waals surface area (Å²) in [5.41, 5.74) is 7.69. The van der Waals surface area contributed by atoms with E-state index in [1.807, 2.05) is 12.3 Å². The summed E-state index contributed by atoms with van der Waals surface area (Å²) in [5, 5.41) is 6.64. The number of nitrogens with zero attached hydrogens (tertiary/aromatic N) is 3. The number of fused-ring (bicyclic) bond motifs is 1. The van der Waals surface area contributed by atoms with Crippen LogP contribution in [0.4, 0.5) is 14.5 Å². The number of nitrogens with one attached hydrogen (secondary N) is 1. The molecule has 1 amide bonds. The van der Waals surface area contributed by atoms with Crippen LogP contribution in [-0.2, 0) is 4.79 Å². The van der Waals surface area contributed by atoms with Crippen molar-refractivity contribution >= 4 is 34.5 Å². The number of nitrogens with two attached hydrogens (primary N) is 1. The second-order valence-electron chi connectivity index (χ2n) is 7.04. The molecule has 4 rings (SSSR count). The fraction of sp³-hybridized carbons (Fsp3) is 0.286. The van der Waals surface area contributed by atoms with Crippen LogP contribution in [0.25, 0.3) is 11.3 Å². The first-order valence-electron chi connectivity index (χ1n) is 9.55. The molecule has 1 fully saturated rings. The molecule has 1 aromatic carbocycles. The van der Waals surface area contributed by atoms with Gasteiger partial charge in [0.25, 0.3) is 0 Å². The van der Waals surface area contributed by atoms with E-state index in [-0.39, 0.29) is 22.5 Å². The smallest absolute Gasteiger partial charge is 0.227 e. The van der Waals surface area contributed by atoms with E-state index in [2.05, 4.69) is 22.0 Å². The van der Waals surface area contributed by atoms with Crippen molar-refractivity contribution in [3.63, 3.8) is 0 Å². The molecule has 0 unspecified atom stereocenters. The Morgan fingerprint density at radius 1 is 1.23 bits per heavy atom. The first-order chi connectivity index (χ1) is 14.4. The van der Waals surface area contributed by atoms with E-state index in [4.69, 9.17) is 17.3 Å². The molecule has 3 N–H and O–H groups in total. The molecule has 0 radical (unpaired) electrons. The van der Waals surface area contributed by atoms with Gasteiger partial charge in [-0.1, -0.05) is 37.4 Å². The lowest BCUT2D eigenvalue weighted by Crippen LogP contribution is -2.24. The van der Waals surface area contributed by atoms with Crippen LogP contribution in [0.1, 0.15) is 37.7 Å². The van der Waals surface area contributed by atoms with Gasteiger partial charge in [-0.05, 0) is 25.0 Å². The molecule has 0 atom stereocenters. The Morgan fingerprint density at radius 3 is 2.63 bits per heavy atom. The van der Waals surface area contributed by atoms with Crippen molar-refractivity contribution < 1.29 is 13.6 Å². The molecule has 1 aliphatic rings. The van der Waals surface area contributed by atoms with E-state index in [0.29, 0.717) is 5.70 Å². The van der Waals surface area contributed by atoms with E-state index in [9.17, 15) is 13.6 Å². The van der Waals surface area contributed by atoms with Gasteiger partial charge in [-0.25, -0.2) is 18.3 Å². The van der Waals surface area contributed by atoms with Gasteiger partial charge < -0.3 is 11.1 Å². The van der Waals surface area contributed by atoms with Crippen LogP contribution in [0.5, 0.6) is 0 Å². The van der Waals surface area contributed by atoms with E-state index in [0.717, 1.165) is 55.4 Å². The van der Waals surface area contributed by atoms with Crippen LogP contribution in [0.2, 0.25) is 5.02 Å². The number of benzene rings is 1. The molecule has 2 heterocycles. The molecule has 0 aliphatic heterocycles. The molecule has 158 valence electrons. The van der Waals surface area contributed by atoms with Crippen LogP contribution < -0.4 is 11.1 Å². The Labute approximate surface area is 177 Å². The fourth-order valence-electron chi connectivity index (χ4n) is 3.27. The molecule has 1 aliphatic carbocycles. The van der Waals surface area contributed by atoms with Gasteiger partial charge in [-0.15, -0.1) is 0 Å². The Hall–Kier alpha value is -3.00. The van der Waals surface area contributed by atoms with Crippen molar-refractivity contribution in [2.24, 2.45) is 11.7 Å². The van der Waals surface area contributed by atoms with E-state index in [1.165, 1.54) is 0 Å². The molecule has 0 saturated heterocycles. The zero-order valence-corrected chi connectivity index (χ0v) is 17.0. The number of amides is 1. The van der Waals surface area contributed by atoms with Gasteiger partial charge in [0.1, 0.15) is 0 Å². The minimum Gasteiger partial charge on any atom is -0.399 e. The largest absolute Gasteiger partial charge is 0.399 e. The Bertz CT molecular complexity index is 1060. The summed E-state index contributed by atoms with van der Waals surface area (Å²) < 4.78 is 27.6. The van der Waals surface area contributed by atoms with Gasteiger partial charge in [-0.2, -0.15) is 5.10 Å². The molecule has 0 bridgehead atoms. The summed E-state index contributed by atoms with van der Waals surface area (Å²) in [6.45, 7) is 3.63. The second kappa shape index (κ2) is 9.67. The predicted molar refractivity (Wildman–Crippen MR) is 113 cm³/mol. The standard InChI is InChI=1S/C13H14ClF2NO.C8H8N4/c14-9-6-10(15)11(16)7-12(9)17-13(18)8-4-2-1-3-5-8;1-6(9)7-5-11-12-4-2-3-10-8(7)12/h6-8H,1-5H2,(H,17,18);2-5H,1,9H2. The SMILES string of the molecule is C=C(N)c1cnn2cccnc12.O=C(Nc1cc(F)c(F)cc1Cl)C1CCCCC1. The van der Waals surface area contributed by atoms with Crippen LogP contribution in [-0.4, -0.2) is 20.5 Å². The topological polar surface area (TPSA) is 85.3 Å². The van der Waals surface area contributed by atoms with Crippen LogP contribution in [0.3, 0.4) is 0 Å². The van der Waals surface area contributed by atoms with Crippen molar-refractivity contribution in [1.82, 2.24) is 14.6 Å². The number of aromatic nitrogens is 3. The molecule has 9 heteroatoms. The van der Waals surface area contributed by atoms with Crippen molar-refractivity contribution in [3.05, 3.63) is 65.6 Å². The normalized spacial score (nSPS) is 14.1. The first-order valence-corrected chi connectivity index (χ1v) is 9.93. The third-order valence-corrected chi connectivity index (χ3v) is 5.18. The second-order valence-corrected chi connectivity index (χ2v) is 7.45. The summed E-state index contributed by atoms with van der Waals surface area (Å²) in [6.07, 6.45) is 10.1. The van der Waals surface area contributed by atoms with Crippen LogP contribution in [0, 0.1) is 17.6 Å². The maximum Gasteiger partial charge on any atom is 0.227 e. The molecule has 1 saturated carbocycles. The summed E-state index contributed by atoms with van der Waals surface area (Å²) in [4.78, 5) is 16.1. The average molecular weight is 434 g/mol. The van der Waals surface area contributed by atoms with E-state index in [1.54, 1.807) is 16.9 Å². The van der Waals surface area contributed by atoms with Gasteiger partial charge in [0.15, 0.2) is 17.3 Å². The minimum absolute atomic E-state index is 0.0121. The quantitative estimate of drug-likeness (QED) is 0.581. The average Bonchev–Trinajstić information content (AvgIpc) is 3.17. The molecular weight excluding hydrogens is 412 g/mol. The third kappa shape index (κ3) is 5.13. The minimum atomic E-state index is -1.02. The molecule has 6 nitrogen and oxygen atoms in total. The van der Waals surface area contributed by atoms with Crippen molar-refractivity contribution in [2.75, 3.05) is 5.32 Å². The first kappa shape index (κ1) is 21.7. The number of anilines is 1. The predicted octanol–water partition coefficient (Wildman–Crippen LogP) is 4.80. The van der Waals surface area contributed by atoms with Gasteiger partial charge in [-0.3, -0.25) is 4.79 Å². The van der Waals surface area contributed by atoms with Crippen molar-refractivity contribution in [1.29, 1.82) is 0 Å². The molecule has 0 spiro atoms. The summed E-state index contributed by atoms with van der Waals surface area (Å²) in [6, 6.07) is 3.59. The summed E-state index contributed by atoms with van der Waals surface area (Å²) in [7, 11) is 0. The van der Waals surface area contributed by atoms with Gasteiger partial charge in [0, 0.05) is 30.1 Å². The van der Waals surface area contributed by atoms with E-state index >= 15 is 0 Å².